The van der Waals surface area contributed by atoms with E-state index in [1.54, 1.807) is 12.1 Å². The molecule has 1 aliphatic rings. The van der Waals surface area contributed by atoms with Gasteiger partial charge in [-0.25, -0.2) is 4.39 Å². The number of hydrogen-bond donors (Lipinski definition) is 1. The van der Waals surface area contributed by atoms with E-state index in [2.05, 4.69) is 33.1 Å². The summed E-state index contributed by atoms with van der Waals surface area (Å²) in [6, 6.07) is 5.56. The van der Waals surface area contributed by atoms with Crippen molar-refractivity contribution in [3.05, 3.63) is 34.1 Å². The molecular formula is C15H22BrFN2. The first kappa shape index (κ1) is 14.9. The molecule has 0 radical (unpaired) electrons. The van der Waals surface area contributed by atoms with Crippen LogP contribution in [0.2, 0.25) is 0 Å². The summed E-state index contributed by atoms with van der Waals surface area (Å²) in [5.41, 5.74) is 1.17. The smallest absolute Gasteiger partial charge is 0.124 e. The summed E-state index contributed by atoms with van der Waals surface area (Å²) in [7, 11) is 0. The van der Waals surface area contributed by atoms with Gasteiger partial charge in [-0.2, -0.15) is 0 Å². The lowest BCUT2D eigenvalue weighted by Gasteiger charge is -2.24. The fourth-order valence-electron chi connectivity index (χ4n) is 2.65. The van der Waals surface area contributed by atoms with Gasteiger partial charge in [0.15, 0.2) is 0 Å². The zero-order chi connectivity index (χ0) is 13.7. The monoisotopic (exact) mass is 328 g/mol. The predicted octanol–water partition coefficient (Wildman–Crippen LogP) is 3.55. The lowest BCUT2D eigenvalue weighted by atomic mass is 10.1. The van der Waals surface area contributed by atoms with Gasteiger partial charge in [-0.05, 0) is 43.6 Å². The lowest BCUT2D eigenvalue weighted by molar-refractivity contribution is 0.254. The molecule has 1 heterocycles. The van der Waals surface area contributed by atoms with E-state index in [0.29, 0.717) is 6.04 Å². The van der Waals surface area contributed by atoms with Crippen LogP contribution in [0.3, 0.4) is 0 Å². The van der Waals surface area contributed by atoms with E-state index in [1.165, 1.54) is 24.8 Å². The van der Waals surface area contributed by atoms with Crippen LogP contribution >= 0.6 is 15.9 Å². The van der Waals surface area contributed by atoms with E-state index in [-0.39, 0.29) is 5.82 Å². The molecule has 2 rings (SSSR count). The molecule has 1 fully saturated rings. The zero-order valence-electron chi connectivity index (χ0n) is 11.5. The molecule has 2 nitrogen and oxygen atoms in total. The highest BCUT2D eigenvalue weighted by Gasteiger charge is 2.17. The maximum atomic E-state index is 13.1. The van der Waals surface area contributed by atoms with Crippen LogP contribution in [0.25, 0.3) is 0 Å². The highest BCUT2D eigenvalue weighted by atomic mass is 79.9. The van der Waals surface area contributed by atoms with Gasteiger partial charge < -0.3 is 5.32 Å². The minimum Gasteiger partial charge on any atom is -0.313 e. The largest absolute Gasteiger partial charge is 0.313 e. The van der Waals surface area contributed by atoms with Crippen LogP contribution < -0.4 is 5.32 Å². The van der Waals surface area contributed by atoms with Gasteiger partial charge in [0, 0.05) is 23.6 Å². The second kappa shape index (κ2) is 7.36. The van der Waals surface area contributed by atoms with Crippen LogP contribution in [-0.4, -0.2) is 30.6 Å². The minimum absolute atomic E-state index is 0.183. The summed E-state index contributed by atoms with van der Waals surface area (Å²) < 4.78 is 14.0. The number of halogens is 2. The third-order valence-electron chi connectivity index (χ3n) is 3.61. The Labute approximate surface area is 123 Å². The lowest BCUT2D eigenvalue weighted by Crippen LogP contribution is -2.37. The highest BCUT2D eigenvalue weighted by molar-refractivity contribution is 9.10. The molecule has 19 heavy (non-hydrogen) atoms. The number of rotatable bonds is 4. The molecule has 4 heteroatoms. The molecule has 0 amide bonds. The van der Waals surface area contributed by atoms with Crippen molar-refractivity contribution in [3.8, 4) is 0 Å². The Bertz CT molecular complexity index is 411. The van der Waals surface area contributed by atoms with Crippen LogP contribution in [0.1, 0.15) is 31.7 Å². The molecule has 0 spiro atoms. The van der Waals surface area contributed by atoms with Crippen LogP contribution in [0.4, 0.5) is 4.39 Å². The number of hydrogen-bond acceptors (Lipinski definition) is 2. The maximum absolute atomic E-state index is 13.1. The summed E-state index contributed by atoms with van der Waals surface area (Å²) in [6.45, 7) is 6.41. The molecule has 1 atom stereocenters. The first-order chi connectivity index (χ1) is 9.19. The second-order valence-corrected chi connectivity index (χ2v) is 6.12. The van der Waals surface area contributed by atoms with Gasteiger partial charge in [0.25, 0.3) is 0 Å². The van der Waals surface area contributed by atoms with Crippen molar-refractivity contribution < 1.29 is 4.39 Å². The Kier molecular flexibility index (Phi) is 5.79. The molecule has 0 aromatic heterocycles. The first-order valence-electron chi connectivity index (χ1n) is 7.08. The number of nitrogens with one attached hydrogen (secondary N) is 1. The van der Waals surface area contributed by atoms with E-state index >= 15 is 0 Å². The first-order valence-corrected chi connectivity index (χ1v) is 7.88. The van der Waals surface area contributed by atoms with Crippen molar-refractivity contribution in [2.45, 2.75) is 38.8 Å². The van der Waals surface area contributed by atoms with E-state index < -0.39 is 0 Å². The minimum atomic E-state index is -0.183. The number of nitrogens with zero attached hydrogens (tertiary/aromatic N) is 1. The molecular weight excluding hydrogens is 307 g/mol. The quantitative estimate of drug-likeness (QED) is 0.909. The fourth-order valence-corrected chi connectivity index (χ4v) is 3.13. The van der Waals surface area contributed by atoms with E-state index in [1.807, 2.05) is 6.07 Å². The van der Waals surface area contributed by atoms with Crippen LogP contribution in [-0.2, 0) is 6.54 Å². The third-order valence-corrected chi connectivity index (χ3v) is 4.35. The molecule has 106 valence electrons. The molecule has 1 unspecified atom stereocenters. The Morgan fingerprint density at radius 1 is 1.47 bits per heavy atom. The van der Waals surface area contributed by atoms with Crippen LogP contribution in [0.15, 0.2) is 22.7 Å². The molecule has 1 saturated heterocycles. The molecule has 1 aliphatic heterocycles. The van der Waals surface area contributed by atoms with Crippen LogP contribution in [0, 0.1) is 5.82 Å². The van der Waals surface area contributed by atoms with E-state index in [4.69, 9.17) is 0 Å². The van der Waals surface area contributed by atoms with Gasteiger partial charge in [0.05, 0.1) is 0 Å². The third kappa shape index (κ3) is 4.55. The molecule has 1 N–H and O–H groups in total. The van der Waals surface area contributed by atoms with E-state index in [9.17, 15) is 4.39 Å². The summed E-state index contributed by atoms with van der Waals surface area (Å²) in [6.07, 6.45) is 3.62. The molecule has 0 saturated carbocycles. The fraction of sp³-hybridized carbons (Fsp3) is 0.600. The van der Waals surface area contributed by atoms with Crippen molar-refractivity contribution in [2.24, 2.45) is 0 Å². The summed E-state index contributed by atoms with van der Waals surface area (Å²) in [5.74, 6) is -0.183. The second-order valence-electron chi connectivity index (χ2n) is 5.26. The van der Waals surface area contributed by atoms with Gasteiger partial charge in [0.1, 0.15) is 5.82 Å². The van der Waals surface area contributed by atoms with Crippen molar-refractivity contribution in [1.82, 2.24) is 10.2 Å². The Morgan fingerprint density at radius 3 is 3.05 bits per heavy atom. The zero-order valence-corrected chi connectivity index (χ0v) is 13.0. The normalized spacial score (nSPS) is 21.3. The standard InChI is InChI=1S/C15H22BrFN2/c1-2-4-14-11-19(8-3-7-18-14)10-12-5-6-13(17)9-15(12)16/h5-6,9,14,18H,2-4,7-8,10-11H2,1H3. The maximum Gasteiger partial charge on any atom is 0.124 e. The predicted molar refractivity (Wildman–Crippen MR) is 80.7 cm³/mol. The Balaban J connectivity index is 2.00. The summed E-state index contributed by atoms with van der Waals surface area (Å²) >= 11 is 3.46. The molecule has 0 aliphatic carbocycles. The van der Waals surface area contributed by atoms with Crippen molar-refractivity contribution in [3.63, 3.8) is 0 Å². The van der Waals surface area contributed by atoms with Gasteiger partial charge in [-0.1, -0.05) is 35.3 Å². The van der Waals surface area contributed by atoms with Crippen molar-refractivity contribution >= 4 is 15.9 Å². The average Bonchev–Trinajstić information content (AvgIpc) is 2.59. The SMILES string of the molecule is CCCC1CN(Cc2ccc(F)cc2Br)CCCN1. The Hall–Kier alpha value is -0.450. The topological polar surface area (TPSA) is 15.3 Å². The number of benzene rings is 1. The van der Waals surface area contributed by atoms with Gasteiger partial charge >= 0.3 is 0 Å². The Morgan fingerprint density at radius 2 is 2.32 bits per heavy atom. The average molecular weight is 329 g/mol. The van der Waals surface area contributed by atoms with Crippen molar-refractivity contribution in [1.29, 1.82) is 0 Å². The molecule has 1 aromatic carbocycles. The molecule has 0 bridgehead atoms. The van der Waals surface area contributed by atoms with Crippen molar-refractivity contribution in [2.75, 3.05) is 19.6 Å². The summed E-state index contributed by atoms with van der Waals surface area (Å²) in [4.78, 5) is 2.47. The van der Waals surface area contributed by atoms with E-state index in [0.717, 1.165) is 30.7 Å². The molecule has 1 aromatic rings. The van der Waals surface area contributed by atoms with Crippen LogP contribution in [0.5, 0.6) is 0 Å². The van der Waals surface area contributed by atoms with Gasteiger partial charge in [0.2, 0.25) is 0 Å². The van der Waals surface area contributed by atoms with Gasteiger partial charge in [-0.3, -0.25) is 4.90 Å². The highest BCUT2D eigenvalue weighted by Crippen LogP contribution is 2.20. The summed E-state index contributed by atoms with van der Waals surface area (Å²) in [5, 5.41) is 3.61. The van der Waals surface area contributed by atoms with Gasteiger partial charge in [-0.15, -0.1) is 0 Å².